The Morgan fingerprint density at radius 1 is 1.50 bits per heavy atom. The van der Waals surface area contributed by atoms with Crippen LogP contribution in [0.1, 0.15) is 41.9 Å². The van der Waals surface area contributed by atoms with E-state index in [1.54, 1.807) is 0 Å². The lowest BCUT2D eigenvalue weighted by molar-refractivity contribution is 0.0524. The predicted molar refractivity (Wildman–Crippen MR) is 55.5 cm³/mol. The fourth-order valence-electron chi connectivity index (χ4n) is 1.53. The van der Waals surface area contributed by atoms with Crippen LogP contribution in [0.5, 0.6) is 0 Å². The second-order valence-electron chi connectivity index (χ2n) is 3.28. The molecule has 0 aliphatic carbocycles. The van der Waals surface area contributed by atoms with Crippen molar-refractivity contribution in [2.75, 3.05) is 6.61 Å². The largest absolute Gasteiger partial charge is 0.462 e. The first-order chi connectivity index (χ1) is 6.70. The van der Waals surface area contributed by atoms with Gasteiger partial charge in [0.25, 0.3) is 0 Å². The second-order valence-corrected chi connectivity index (χ2v) is 3.28. The third-order valence-corrected chi connectivity index (χ3v) is 2.16. The molecule has 3 nitrogen and oxygen atoms in total. The molecule has 0 spiro atoms. The van der Waals surface area contributed by atoms with Gasteiger partial charge in [-0.1, -0.05) is 13.3 Å². The van der Waals surface area contributed by atoms with Crippen LogP contribution < -0.4 is 0 Å². The molecule has 14 heavy (non-hydrogen) atoms. The molecule has 1 aromatic heterocycles. The molecule has 0 saturated carbocycles. The van der Waals surface area contributed by atoms with Gasteiger partial charge in [-0.05, 0) is 25.8 Å². The standard InChI is InChI=1S/C11H17NO2/c1-4-6-9-7-12-8(3)10(9)11(13)14-5-2/h7,12H,4-6H2,1-3H3. The number of aromatic nitrogens is 1. The zero-order valence-electron chi connectivity index (χ0n) is 9.02. The minimum absolute atomic E-state index is 0.213. The van der Waals surface area contributed by atoms with Gasteiger partial charge in [-0.3, -0.25) is 0 Å². The zero-order chi connectivity index (χ0) is 10.6. The minimum Gasteiger partial charge on any atom is -0.462 e. The summed E-state index contributed by atoms with van der Waals surface area (Å²) >= 11 is 0. The predicted octanol–water partition coefficient (Wildman–Crippen LogP) is 2.45. The SMILES string of the molecule is CCCc1c[nH]c(C)c1C(=O)OCC. The summed E-state index contributed by atoms with van der Waals surface area (Å²) in [6.45, 7) is 6.23. The Bertz CT molecular complexity index is 315. The number of esters is 1. The molecule has 0 aliphatic heterocycles. The smallest absolute Gasteiger partial charge is 0.340 e. The monoisotopic (exact) mass is 195 g/mol. The van der Waals surface area contributed by atoms with Gasteiger partial charge in [0, 0.05) is 11.9 Å². The summed E-state index contributed by atoms with van der Waals surface area (Å²) in [7, 11) is 0. The van der Waals surface area contributed by atoms with Crippen molar-refractivity contribution in [3.8, 4) is 0 Å². The fraction of sp³-hybridized carbons (Fsp3) is 0.545. The van der Waals surface area contributed by atoms with Crippen LogP contribution in [0.3, 0.4) is 0 Å². The first-order valence-electron chi connectivity index (χ1n) is 5.04. The summed E-state index contributed by atoms with van der Waals surface area (Å²) in [5.74, 6) is -0.213. The molecule has 0 bridgehead atoms. The lowest BCUT2D eigenvalue weighted by Crippen LogP contribution is -2.07. The van der Waals surface area contributed by atoms with E-state index in [1.807, 2.05) is 20.0 Å². The van der Waals surface area contributed by atoms with Crippen LogP contribution in [-0.2, 0) is 11.2 Å². The highest BCUT2D eigenvalue weighted by Gasteiger charge is 2.16. The summed E-state index contributed by atoms with van der Waals surface area (Å²) in [6, 6.07) is 0. The van der Waals surface area contributed by atoms with Crippen molar-refractivity contribution in [1.82, 2.24) is 4.98 Å². The second kappa shape index (κ2) is 4.84. The topological polar surface area (TPSA) is 42.1 Å². The van der Waals surface area contributed by atoms with Gasteiger partial charge in [0.15, 0.2) is 0 Å². The molecule has 1 rings (SSSR count). The number of carbonyl (C=O) groups excluding carboxylic acids is 1. The number of nitrogens with one attached hydrogen (secondary N) is 1. The Hall–Kier alpha value is -1.25. The van der Waals surface area contributed by atoms with Crippen molar-refractivity contribution < 1.29 is 9.53 Å². The fourth-order valence-corrected chi connectivity index (χ4v) is 1.53. The number of aryl methyl sites for hydroxylation is 2. The van der Waals surface area contributed by atoms with Crippen LogP contribution in [0, 0.1) is 6.92 Å². The van der Waals surface area contributed by atoms with E-state index in [4.69, 9.17) is 4.74 Å². The summed E-state index contributed by atoms with van der Waals surface area (Å²) in [6.07, 6.45) is 3.84. The van der Waals surface area contributed by atoms with E-state index >= 15 is 0 Å². The van der Waals surface area contributed by atoms with Crippen LogP contribution >= 0.6 is 0 Å². The quantitative estimate of drug-likeness (QED) is 0.750. The Labute approximate surface area is 84.5 Å². The van der Waals surface area contributed by atoms with Crippen molar-refractivity contribution >= 4 is 5.97 Å². The van der Waals surface area contributed by atoms with Crippen LogP contribution in [-0.4, -0.2) is 17.6 Å². The van der Waals surface area contributed by atoms with Crippen molar-refractivity contribution in [2.24, 2.45) is 0 Å². The van der Waals surface area contributed by atoms with Gasteiger partial charge < -0.3 is 9.72 Å². The molecule has 1 N–H and O–H groups in total. The summed E-state index contributed by atoms with van der Waals surface area (Å²) < 4.78 is 5.00. The van der Waals surface area contributed by atoms with Crippen LogP contribution in [0.25, 0.3) is 0 Å². The van der Waals surface area contributed by atoms with E-state index in [2.05, 4.69) is 11.9 Å². The van der Waals surface area contributed by atoms with E-state index in [0.29, 0.717) is 12.2 Å². The average Bonchev–Trinajstić information content (AvgIpc) is 2.48. The third-order valence-electron chi connectivity index (χ3n) is 2.16. The highest BCUT2D eigenvalue weighted by Crippen LogP contribution is 2.16. The Kier molecular flexibility index (Phi) is 3.74. The average molecular weight is 195 g/mol. The van der Waals surface area contributed by atoms with Gasteiger partial charge in [0.2, 0.25) is 0 Å². The van der Waals surface area contributed by atoms with Crippen molar-refractivity contribution in [2.45, 2.75) is 33.6 Å². The van der Waals surface area contributed by atoms with Crippen LogP contribution in [0.2, 0.25) is 0 Å². The number of hydrogen-bond donors (Lipinski definition) is 1. The normalized spacial score (nSPS) is 10.2. The molecule has 0 unspecified atom stereocenters. The van der Waals surface area contributed by atoms with Gasteiger partial charge >= 0.3 is 5.97 Å². The van der Waals surface area contributed by atoms with E-state index in [1.165, 1.54) is 0 Å². The summed E-state index contributed by atoms with van der Waals surface area (Å²) in [5, 5.41) is 0. The molecular formula is C11H17NO2. The molecule has 3 heteroatoms. The lowest BCUT2D eigenvalue weighted by Gasteiger charge is -2.03. The number of hydrogen-bond acceptors (Lipinski definition) is 2. The maximum Gasteiger partial charge on any atom is 0.340 e. The first kappa shape index (κ1) is 10.8. The molecule has 78 valence electrons. The lowest BCUT2D eigenvalue weighted by atomic mass is 10.1. The molecule has 0 atom stereocenters. The molecule has 0 saturated heterocycles. The molecule has 1 aromatic rings. The number of H-pyrrole nitrogens is 1. The number of carbonyl (C=O) groups is 1. The van der Waals surface area contributed by atoms with Crippen molar-refractivity contribution in [1.29, 1.82) is 0 Å². The minimum atomic E-state index is -0.213. The third kappa shape index (κ3) is 2.16. The highest BCUT2D eigenvalue weighted by atomic mass is 16.5. The molecular weight excluding hydrogens is 178 g/mol. The Morgan fingerprint density at radius 2 is 2.21 bits per heavy atom. The maximum atomic E-state index is 11.6. The molecule has 0 aromatic carbocycles. The van der Waals surface area contributed by atoms with Crippen LogP contribution in [0.15, 0.2) is 6.20 Å². The van der Waals surface area contributed by atoms with Gasteiger partial charge in [0.05, 0.1) is 12.2 Å². The van der Waals surface area contributed by atoms with Crippen LogP contribution in [0.4, 0.5) is 0 Å². The van der Waals surface area contributed by atoms with Crippen molar-refractivity contribution in [3.05, 3.63) is 23.0 Å². The zero-order valence-corrected chi connectivity index (χ0v) is 9.02. The molecule has 0 amide bonds. The maximum absolute atomic E-state index is 11.6. The molecule has 0 aliphatic rings. The van der Waals surface area contributed by atoms with E-state index in [9.17, 15) is 4.79 Å². The number of ether oxygens (including phenoxy) is 1. The Balaban J connectivity index is 2.92. The highest BCUT2D eigenvalue weighted by molar-refractivity contribution is 5.92. The van der Waals surface area contributed by atoms with Gasteiger partial charge in [0.1, 0.15) is 0 Å². The van der Waals surface area contributed by atoms with E-state index in [-0.39, 0.29) is 5.97 Å². The van der Waals surface area contributed by atoms with Crippen molar-refractivity contribution in [3.63, 3.8) is 0 Å². The molecule has 1 heterocycles. The Morgan fingerprint density at radius 3 is 2.79 bits per heavy atom. The molecule has 0 fully saturated rings. The molecule has 0 radical (unpaired) electrons. The van der Waals surface area contributed by atoms with E-state index in [0.717, 1.165) is 24.1 Å². The van der Waals surface area contributed by atoms with E-state index < -0.39 is 0 Å². The number of aromatic amines is 1. The summed E-state index contributed by atoms with van der Waals surface area (Å²) in [5.41, 5.74) is 2.67. The number of rotatable bonds is 4. The first-order valence-corrected chi connectivity index (χ1v) is 5.04. The van der Waals surface area contributed by atoms with Gasteiger partial charge in [-0.15, -0.1) is 0 Å². The van der Waals surface area contributed by atoms with Gasteiger partial charge in [-0.25, -0.2) is 4.79 Å². The summed E-state index contributed by atoms with van der Waals surface area (Å²) in [4.78, 5) is 14.6. The van der Waals surface area contributed by atoms with Gasteiger partial charge in [-0.2, -0.15) is 0 Å².